The molecule has 8 heteroatoms. The number of aryl methyl sites for hydroxylation is 1. The molecule has 0 unspecified atom stereocenters. The molecular formula is C24H17BrN2O5. The summed E-state index contributed by atoms with van der Waals surface area (Å²) in [6.07, 6.45) is 0. The molecule has 0 bridgehead atoms. The van der Waals surface area contributed by atoms with Crippen LogP contribution in [0.15, 0.2) is 71.2 Å². The number of anilines is 2. The van der Waals surface area contributed by atoms with Gasteiger partial charge < -0.3 is 10.1 Å². The molecule has 1 aliphatic rings. The molecule has 1 N–H and O–H groups in total. The second kappa shape index (κ2) is 8.76. The van der Waals surface area contributed by atoms with Crippen LogP contribution in [0.25, 0.3) is 0 Å². The Morgan fingerprint density at radius 3 is 2.34 bits per heavy atom. The third-order valence-electron chi connectivity index (χ3n) is 4.94. The number of nitrogens with zero attached hydrogens (tertiary/aromatic N) is 1. The fraction of sp³-hybridized carbons (Fsp3) is 0.0833. The Morgan fingerprint density at radius 2 is 1.62 bits per heavy atom. The summed E-state index contributed by atoms with van der Waals surface area (Å²) in [5.41, 5.74) is 2.24. The molecule has 1 aliphatic heterocycles. The van der Waals surface area contributed by atoms with Crippen molar-refractivity contribution in [3.63, 3.8) is 0 Å². The van der Waals surface area contributed by atoms with E-state index in [0.717, 1.165) is 14.9 Å². The lowest BCUT2D eigenvalue weighted by Gasteiger charge is -2.16. The first-order chi connectivity index (χ1) is 15.3. The van der Waals surface area contributed by atoms with Gasteiger partial charge in [-0.3, -0.25) is 14.4 Å². The number of hydrogen-bond acceptors (Lipinski definition) is 5. The van der Waals surface area contributed by atoms with Crippen molar-refractivity contribution in [3.8, 4) is 0 Å². The van der Waals surface area contributed by atoms with Crippen molar-refractivity contribution in [1.29, 1.82) is 0 Å². The van der Waals surface area contributed by atoms with E-state index in [9.17, 15) is 19.2 Å². The summed E-state index contributed by atoms with van der Waals surface area (Å²) >= 11 is 3.31. The van der Waals surface area contributed by atoms with Gasteiger partial charge in [0.15, 0.2) is 6.61 Å². The van der Waals surface area contributed by atoms with E-state index in [-0.39, 0.29) is 16.7 Å². The molecule has 7 nitrogen and oxygen atoms in total. The van der Waals surface area contributed by atoms with Gasteiger partial charge in [0.05, 0.1) is 22.4 Å². The highest BCUT2D eigenvalue weighted by Crippen LogP contribution is 2.31. The van der Waals surface area contributed by atoms with Crippen LogP contribution in [-0.4, -0.2) is 30.3 Å². The van der Waals surface area contributed by atoms with Crippen LogP contribution in [0, 0.1) is 6.92 Å². The SMILES string of the molecule is Cc1ccccc1N1C(=O)c2ccc(C(=O)OCC(=O)Nc3ccc(Br)cc3)cc2C1=O. The molecule has 0 spiro atoms. The van der Waals surface area contributed by atoms with Gasteiger partial charge in [0.25, 0.3) is 17.7 Å². The lowest BCUT2D eigenvalue weighted by Crippen LogP contribution is -2.29. The fourth-order valence-electron chi connectivity index (χ4n) is 3.35. The number of esters is 1. The van der Waals surface area contributed by atoms with Crippen LogP contribution in [0.1, 0.15) is 36.6 Å². The van der Waals surface area contributed by atoms with Gasteiger partial charge in [-0.1, -0.05) is 34.1 Å². The number of carbonyl (C=O) groups is 4. The monoisotopic (exact) mass is 492 g/mol. The number of para-hydroxylation sites is 1. The third kappa shape index (κ3) is 4.17. The van der Waals surface area contributed by atoms with Gasteiger partial charge in [-0.15, -0.1) is 0 Å². The zero-order valence-electron chi connectivity index (χ0n) is 16.9. The van der Waals surface area contributed by atoms with Crippen LogP contribution in [-0.2, 0) is 9.53 Å². The second-order valence-electron chi connectivity index (χ2n) is 7.12. The van der Waals surface area contributed by atoms with E-state index in [1.807, 2.05) is 6.07 Å². The van der Waals surface area contributed by atoms with Crippen molar-refractivity contribution in [2.24, 2.45) is 0 Å². The van der Waals surface area contributed by atoms with E-state index in [1.165, 1.54) is 18.2 Å². The molecule has 4 rings (SSSR count). The molecule has 0 aliphatic carbocycles. The molecule has 1 heterocycles. The van der Waals surface area contributed by atoms with Gasteiger partial charge in [0, 0.05) is 10.2 Å². The molecule has 3 aromatic rings. The number of hydrogen-bond donors (Lipinski definition) is 1. The number of fused-ring (bicyclic) bond motifs is 1. The average Bonchev–Trinajstić information content (AvgIpc) is 3.03. The summed E-state index contributed by atoms with van der Waals surface area (Å²) in [4.78, 5) is 51.3. The predicted molar refractivity (Wildman–Crippen MR) is 122 cm³/mol. The summed E-state index contributed by atoms with van der Waals surface area (Å²) < 4.78 is 5.94. The number of ether oxygens (including phenoxy) is 1. The summed E-state index contributed by atoms with van der Waals surface area (Å²) in [6, 6.07) is 18.1. The lowest BCUT2D eigenvalue weighted by molar-refractivity contribution is -0.119. The highest BCUT2D eigenvalue weighted by atomic mass is 79.9. The Kier molecular flexibility index (Phi) is 5.87. The Labute approximate surface area is 192 Å². The summed E-state index contributed by atoms with van der Waals surface area (Å²) in [6.45, 7) is 1.31. The minimum Gasteiger partial charge on any atom is -0.452 e. The van der Waals surface area contributed by atoms with Gasteiger partial charge in [-0.2, -0.15) is 0 Å². The molecule has 3 aromatic carbocycles. The van der Waals surface area contributed by atoms with E-state index in [0.29, 0.717) is 11.4 Å². The van der Waals surface area contributed by atoms with Crippen LogP contribution < -0.4 is 10.2 Å². The Hall–Kier alpha value is -3.78. The molecule has 32 heavy (non-hydrogen) atoms. The van der Waals surface area contributed by atoms with E-state index in [4.69, 9.17) is 4.74 Å². The Bertz CT molecular complexity index is 1250. The molecule has 0 fully saturated rings. The first kappa shape index (κ1) is 21.5. The van der Waals surface area contributed by atoms with Crippen molar-refractivity contribution in [1.82, 2.24) is 0 Å². The maximum Gasteiger partial charge on any atom is 0.338 e. The van der Waals surface area contributed by atoms with Crippen LogP contribution >= 0.6 is 15.9 Å². The van der Waals surface area contributed by atoms with E-state index in [2.05, 4.69) is 21.2 Å². The molecular weight excluding hydrogens is 476 g/mol. The summed E-state index contributed by atoms with van der Waals surface area (Å²) in [5.74, 6) is -2.23. The number of nitrogens with one attached hydrogen (secondary N) is 1. The zero-order valence-corrected chi connectivity index (χ0v) is 18.5. The minimum atomic E-state index is -0.770. The maximum absolute atomic E-state index is 12.9. The van der Waals surface area contributed by atoms with Crippen LogP contribution in [0.3, 0.4) is 0 Å². The van der Waals surface area contributed by atoms with Gasteiger partial charge in [0.2, 0.25) is 0 Å². The molecule has 0 saturated heterocycles. The summed E-state index contributed by atoms with van der Waals surface area (Å²) in [7, 11) is 0. The van der Waals surface area contributed by atoms with Crippen molar-refractivity contribution < 1.29 is 23.9 Å². The van der Waals surface area contributed by atoms with Crippen LogP contribution in [0.5, 0.6) is 0 Å². The molecule has 160 valence electrons. The summed E-state index contributed by atoms with van der Waals surface area (Å²) in [5, 5.41) is 2.62. The van der Waals surface area contributed by atoms with Crippen molar-refractivity contribution in [2.75, 3.05) is 16.8 Å². The standard InChI is InChI=1S/C24H17BrN2O5/c1-14-4-2-3-5-20(14)27-22(29)18-11-6-15(12-19(18)23(27)30)24(31)32-13-21(28)26-17-9-7-16(25)8-10-17/h2-12H,13H2,1H3,(H,26,28). The second-order valence-corrected chi connectivity index (χ2v) is 8.04. The lowest BCUT2D eigenvalue weighted by atomic mass is 10.1. The largest absolute Gasteiger partial charge is 0.452 e. The first-order valence-electron chi connectivity index (χ1n) is 9.66. The number of amides is 3. The van der Waals surface area contributed by atoms with Gasteiger partial charge in [-0.25, -0.2) is 9.69 Å². The average molecular weight is 493 g/mol. The van der Waals surface area contributed by atoms with Crippen molar-refractivity contribution in [2.45, 2.75) is 6.92 Å². The number of benzene rings is 3. The third-order valence-corrected chi connectivity index (χ3v) is 5.47. The number of imide groups is 1. The molecule has 3 amide bonds. The molecule has 0 saturated carbocycles. The fourth-order valence-corrected chi connectivity index (χ4v) is 3.61. The quantitative estimate of drug-likeness (QED) is 0.422. The molecule has 0 radical (unpaired) electrons. The molecule has 0 atom stereocenters. The normalized spacial score (nSPS) is 12.5. The number of rotatable bonds is 5. The van der Waals surface area contributed by atoms with E-state index >= 15 is 0 Å². The molecule has 0 aromatic heterocycles. The van der Waals surface area contributed by atoms with Gasteiger partial charge >= 0.3 is 5.97 Å². The van der Waals surface area contributed by atoms with Crippen LogP contribution in [0.2, 0.25) is 0 Å². The predicted octanol–water partition coefficient (Wildman–Crippen LogP) is 4.35. The number of carbonyl (C=O) groups excluding carboxylic acids is 4. The topological polar surface area (TPSA) is 92.8 Å². The van der Waals surface area contributed by atoms with Gasteiger partial charge in [-0.05, 0) is 61.0 Å². The number of halogens is 1. The zero-order chi connectivity index (χ0) is 22.8. The maximum atomic E-state index is 12.9. The highest BCUT2D eigenvalue weighted by Gasteiger charge is 2.37. The Balaban J connectivity index is 1.46. The minimum absolute atomic E-state index is 0.0768. The van der Waals surface area contributed by atoms with E-state index < -0.39 is 30.3 Å². The first-order valence-corrected chi connectivity index (χ1v) is 10.5. The highest BCUT2D eigenvalue weighted by molar-refractivity contribution is 9.10. The van der Waals surface area contributed by atoms with Crippen molar-refractivity contribution >= 4 is 51.0 Å². The smallest absolute Gasteiger partial charge is 0.338 e. The van der Waals surface area contributed by atoms with Gasteiger partial charge in [0.1, 0.15) is 0 Å². The van der Waals surface area contributed by atoms with Crippen molar-refractivity contribution in [3.05, 3.63) is 93.5 Å². The van der Waals surface area contributed by atoms with E-state index in [1.54, 1.807) is 49.4 Å². The Morgan fingerprint density at radius 1 is 0.938 bits per heavy atom. The van der Waals surface area contributed by atoms with Crippen LogP contribution in [0.4, 0.5) is 11.4 Å².